The van der Waals surface area contributed by atoms with E-state index in [2.05, 4.69) is 15.6 Å². The van der Waals surface area contributed by atoms with Crippen LogP contribution in [0.15, 0.2) is 18.2 Å². The van der Waals surface area contributed by atoms with Gasteiger partial charge in [0.1, 0.15) is 11.3 Å². The first-order chi connectivity index (χ1) is 9.73. The molecule has 0 spiro atoms. The lowest BCUT2D eigenvalue weighted by molar-refractivity contribution is 0.343. The standard InChI is InChI=1S/C16H21N3O/c1-2-20-13-5-3-4-12-14(13)18-15(17)19(12)10-16(8-9-16)11-6-7-11/h3-5,11H,2,6-10H2,1H3,(H2,17,18). The Morgan fingerprint density at radius 2 is 2.20 bits per heavy atom. The first-order valence-electron chi connectivity index (χ1n) is 7.61. The van der Waals surface area contributed by atoms with Crippen molar-refractivity contribution in [3.8, 4) is 5.75 Å². The summed E-state index contributed by atoms with van der Waals surface area (Å²) in [6.07, 6.45) is 5.50. The third-order valence-electron chi connectivity index (χ3n) is 4.88. The zero-order valence-electron chi connectivity index (χ0n) is 11.9. The van der Waals surface area contributed by atoms with E-state index in [9.17, 15) is 0 Å². The molecule has 1 aromatic carbocycles. The maximum absolute atomic E-state index is 6.17. The first-order valence-corrected chi connectivity index (χ1v) is 7.61. The van der Waals surface area contributed by atoms with Gasteiger partial charge in [0.25, 0.3) is 0 Å². The van der Waals surface area contributed by atoms with Crippen molar-refractivity contribution >= 4 is 17.0 Å². The zero-order chi connectivity index (χ0) is 13.7. The van der Waals surface area contributed by atoms with E-state index >= 15 is 0 Å². The minimum atomic E-state index is 0.517. The fourth-order valence-electron chi connectivity index (χ4n) is 3.44. The van der Waals surface area contributed by atoms with Crippen molar-refractivity contribution in [2.24, 2.45) is 11.3 Å². The van der Waals surface area contributed by atoms with Gasteiger partial charge >= 0.3 is 0 Å². The third kappa shape index (κ3) is 1.78. The van der Waals surface area contributed by atoms with Crippen molar-refractivity contribution in [1.29, 1.82) is 0 Å². The van der Waals surface area contributed by atoms with E-state index in [1.54, 1.807) is 0 Å². The van der Waals surface area contributed by atoms with Crippen LogP contribution in [-0.4, -0.2) is 16.2 Å². The number of nitrogens with two attached hydrogens (primary N) is 1. The van der Waals surface area contributed by atoms with E-state index in [-0.39, 0.29) is 0 Å². The summed E-state index contributed by atoms with van der Waals surface area (Å²) in [7, 11) is 0. The topological polar surface area (TPSA) is 53.1 Å². The van der Waals surface area contributed by atoms with Crippen LogP contribution in [0.4, 0.5) is 5.95 Å². The summed E-state index contributed by atoms with van der Waals surface area (Å²) in [5.74, 6) is 2.39. The van der Waals surface area contributed by atoms with Crippen molar-refractivity contribution < 1.29 is 4.74 Å². The molecule has 2 aliphatic rings. The summed E-state index contributed by atoms with van der Waals surface area (Å²) in [4.78, 5) is 4.54. The van der Waals surface area contributed by atoms with Crippen LogP contribution in [0, 0.1) is 11.3 Å². The van der Waals surface area contributed by atoms with Gasteiger partial charge in [-0.1, -0.05) is 6.07 Å². The number of rotatable bonds is 5. The quantitative estimate of drug-likeness (QED) is 0.908. The van der Waals surface area contributed by atoms with Crippen molar-refractivity contribution in [3.05, 3.63) is 18.2 Å². The predicted octanol–water partition coefficient (Wildman–Crippen LogP) is 3.21. The first kappa shape index (κ1) is 12.1. The van der Waals surface area contributed by atoms with Gasteiger partial charge in [-0.25, -0.2) is 4.98 Å². The van der Waals surface area contributed by atoms with Crippen molar-refractivity contribution in [1.82, 2.24) is 9.55 Å². The van der Waals surface area contributed by atoms with Crippen LogP contribution in [0.5, 0.6) is 5.75 Å². The van der Waals surface area contributed by atoms with E-state index in [0.717, 1.165) is 29.2 Å². The van der Waals surface area contributed by atoms with Gasteiger partial charge in [-0.05, 0) is 56.1 Å². The minimum Gasteiger partial charge on any atom is -0.492 e. The highest BCUT2D eigenvalue weighted by Crippen LogP contribution is 2.62. The van der Waals surface area contributed by atoms with Crippen LogP contribution in [0.25, 0.3) is 11.0 Å². The minimum absolute atomic E-state index is 0.517. The Labute approximate surface area is 118 Å². The number of para-hydroxylation sites is 1. The molecule has 1 heterocycles. The maximum atomic E-state index is 6.17. The van der Waals surface area contributed by atoms with Gasteiger partial charge in [-0.3, -0.25) is 0 Å². The molecule has 0 amide bonds. The molecule has 0 radical (unpaired) electrons. The van der Waals surface area contributed by atoms with Crippen molar-refractivity contribution in [2.75, 3.05) is 12.3 Å². The number of aromatic nitrogens is 2. The van der Waals surface area contributed by atoms with Gasteiger partial charge in [0.2, 0.25) is 5.95 Å². The molecule has 4 nitrogen and oxygen atoms in total. The number of hydrogen-bond donors (Lipinski definition) is 1. The van der Waals surface area contributed by atoms with Crippen LogP contribution in [0.3, 0.4) is 0 Å². The predicted molar refractivity (Wildman–Crippen MR) is 79.7 cm³/mol. The summed E-state index contributed by atoms with van der Waals surface area (Å²) < 4.78 is 7.86. The molecule has 4 heteroatoms. The molecule has 4 rings (SSSR count). The molecule has 0 unspecified atom stereocenters. The second-order valence-electron chi connectivity index (χ2n) is 6.25. The number of nitrogen functional groups attached to an aromatic ring is 1. The molecular weight excluding hydrogens is 250 g/mol. The summed E-state index contributed by atoms with van der Waals surface area (Å²) in [5.41, 5.74) is 8.70. The van der Waals surface area contributed by atoms with Gasteiger partial charge in [0, 0.05) is 6.54 Å². The fraction of sp³-hybridized carbons (Fsp3) is 0.562. The molecule has 0 saturated heterocycles. The molecule has 106 valence electrons. The Morgan fingerprint density at radius 1 is 1.40 bits per heavy atom. The molecule has 20 heavy (non-hydrogen) atoms. The molecule has 1 aromatic heterocycles. The van der Waals surface area contributed by atoms with E-state index in [1.165, 1.54) is 25.7 Å². The molecule has 0 bridgehead atoms. The average molecular weight is 271 g/mol. The molecule has 0 aliphatic heterocycles. The lowest BCUT2D eigenvalue weighted by Crippen LogP contribution is -2.15. The molecule has 2 aromatic rings. The molecule has 2 saturated carbocycles. The summed E-state index contributed by atoms with van der Waals surface area (Å²) in [6.45, 7) is 3.67. The zero-order valence-corrected chi connectivity index (χ0v) is 11.9. The molecular formula is C16H21N3O. The Hall–Kier alpha value is -1.71. The highest BCUT2D eigenvalue weighted by atomic mass is 16.5. The van der Waals surface area contributed by atoms with Crippen LogP contribution in [-0.2, 0) is 6.54 Å². The number of imidazole rings is 1. The van der Waals surface area contributed by atoms with Gasteiger partial charge in [-0.15, -0.1) is 0 Å². The Morgan fingerprint density at radius 3 is 2.85 bits per heavy atom. The van der Waals surface area contributed by atoms with Crippen molar-refractivity contribution in [3.63, 3.8) is 0 Å². The fourth-order valence-corrected chi connectivity index (χ4v) is 3.44. The Kier molecular flexibility index (Phi) is 2.50. The summed E-state index contributed by atoms with van der Waals surface area (Å²) >= 11 is 0. The largest absolute Gasteiger partial charge is 0.492 e. The van der Waals surface area contributed by atoms with Gasteiger partial charge in [0.05, 0.1) is 12.1 Å². The van der Waals surface area contributed by atoms with E-state index in [1.807, 2.05) is 19.1 Å². The number of nitrogens with zero attached hydrogens (tertiary/aromatic N) is 2. The van der Waals surface area contributed by atoms with Crippen molar-refractivity contribution in [2.45, 2.75) is 39.2 Å². The second-order valence-corrected chi connectivity index (χ2v) is 6.25. The van der Waals surface area contributed by atoms with E-state index < -0.39 is 0 Å². The number of hydrogen-bond acceptors (Lipinski definition) is 3. The van der Waals surface area contributed by atoms with Crippen LogP contribution >= 0.6 is 0 Å². The van der Waals surface area contributed by atoms with Gasteiger partial charge in [0.15, 0.2) is 0 Å². The number of ether oxygens (including phenoxy) is 1. The number of anilines is 1. The Bertz CT molecular complexity index is 653. The number of fused-ring (bicyclic) bond motifs is 1. The smallest absolute Gasteiger partial charge is 0.201 e. The van der Waals surface area contributed by atoms with Crippen LogP contribution in [0.2, 0.25) is 0 Å². The highest BCUT2D eigenvalue weighted by molar-refractivity contribution is 5.84. The van der Waals surface area contributed by atoms with Crippen LogP contribution in [0.1, 0.15) is 32.6 Å². The molecule has 0 atom stereocenters. The normalized spacial score (nSPS) is 20.2. The third-order valence-corrected chi connectivity index (χ3v) is 4.88. The summed E-state index contributed by atoms with van der Waals surface area (Å²) in [5, 5.41) is 0. The molecule has 2 N–H and O–H groups in total. The lowest BCUT2D eigenvalue weighted by Gasteiger charge is -2.16. The Balaban J connectivity index is 1.75. The second kappa shape index (κ2) is 4.14. The lowest BCUT2D eigenvalue weighted by atomic mass is 10.0. The van der Waals surface area contributed by atoms with Gasteiger partial charge in [-0.2, -0.15) is 0 Å². The number of benzene rings is 1. The molecule has 2 fully saturated rings. The molecule has 2 aliphatic carbocycles. The maximum Gasteiger partial charge on any atom is 0.201 e. The van der Waals surface area contributed by atoms with Crippen LogP contribution < -0.4 is 10.5 Å². The average Bonchev–Trinajstić information content (AvgIpc) is 3.32. The highest BCUT2D eigenvalue weighted by Gasteiger charge is 2.54. The van der Waals surface area contributed by atoms with E-state index in [0.29, 0.717) is 18.0 Å². The van der Waals surface area contributed by atoms with Gasteiger partial charge < -0.3 is 15.0 Å². The van der Waals surface area contributed by atoms with E-state index in [4.69, 9.17) is 10.5 Å². The monoisotopic (exact) mass is 271 g/mol. The SMILES string of the molecule is CCOc1cccc2c1nc(N)n2CC1(C2CC2)CC1. The summed E-state index contributed by atoms with van der Waals surface area (Å²) in [6, 6.07) is 6.10.